The summed E-state index contributed by atoms with van der Waals surface area (Å²) in [6.45, 7) is 0.479. The lowest BCUT2D eigenvalue weighted by Crippen LogP contribution is -2.24. The third kappa shape index (κ3) is 4.62. The number of thiophene rings is 1. The van der Waals surface area contributed by atoms with E-state index in [4.69, 9.17) is 9.97 Å². The van der Waals surface area contributed by atoms with Crippen molar-refractivity contribution < 1.29 is 9.18 Å². The van der Waals surface area contributed by atoms with Crippen molar-refractivity contribution in [2.45, 2.75) is 38.6 Å². The van der Waals surface area contributed by atoms with Crippen LogP contribution in [0.3, 0.4) is 0 Å². The standard InChI is InChI=1S/C29H25FN8OS/c30-24-7-6-23(40-24)20-8-9-32-27-25(20)36-28(37-27)26-21-11-18(13-33-22(21)15-34-38-26)17-10-19(14-31-12-17)35-29(39)16-4-2-1-3-5-16/h6-14,16,34H,1-5,15H2,(H,35,39)(H,32,36,37). The van der Waals surface area contributed by atoms with Crippen LogP contribution in [-0.2, 0) is 11.3 Å². The minimum absolute atomic E-state index is 0.0610. The van der Waals surface area contributed by atoms with Gasteiger partial charge in [0.15, 0.2) is 16.6 Å². The Labute approximate surface area is 233 Å². The zero-order valence-electron chi connectivity index (χ0n) is 21.4. The van der Waals surface area contributed by atoms with Crippen LogP contribution in [0.25, 0.3) is 32.7 Å². The zero-order valence-corrected chi connectivity index (χ0v) is 22.3. The number of imidazole rings is 1. The average Bonchev–Trinajstić information content (AvgIpc) is 3.63. The van der Waals surface area contributed by atoms with E-state index in [0.717, 1.165) is 69.8 Å². The summed E-state index contributed by atoms with van der Waals surface area (Å²) >= 11 is 1.07. The number of hydrogen-bond acceptors (Lipinski definition) is 8. The number of hydrazone groups is 1. The highest BCUT2D eigenvalue weighted by Crippen LogP contribution is 2.33. The van der Waals surface area contributed by atoms with Crippen LogP contribution in [-0.4, -0.2) is 36.5 Å². The van der Waals surface area contributed by atoms with Gasteiger partial charge >= 0.3 is 0 Å². The minimum Gasteiger partial charge on any atom is -0.335 e. The highest BCUT2D eigenvalue weighted by Gasteiger charge is 2.24. The van der Waals surface area contributed by atoms with Gasteiger partial charge in [-0.1, -0.05) is 19.3 Å². The number of H-pyrrole nitrogens is 1. The molecule has 0 bridgehead atoms. The molecule has 5 aromatic rings. The number of anilines is 1. The number of hydrogen-bond donors (Lipinski definition) is 3. The Balaban J connectivity index is 1.21. The number of aromatic amines is 1. The van der Waals surface area contributed by atoms with Crippen molar-refractivity contribution in [2.75, 3.05) is 5.32 Å². The molecule has 0 aromatic carbocycles. The Bertz CT molecular complexity index is 1770. The lowest BCUT2D eigenvalue weighted by molar-refractivity contribution is -0.120. The lowest BCUT2D eigenvalue weighted by atomic mass is 9.88. The molecule has 0 unspecified atom stereocenters. The fourth-order valence-electron chi connectivity index (χ4n) is 5.39. The van der Waals surface area contributed by atoms with Gasteiger partial charge in [-0.3, -0.25) is 14.8 Å². The summed E-state index contributed by atoms with van der Waals surface area (Å²) in [5.41, 5.74) is 9.71. The van der Waals surface area contributed by atoms with Crippen LogP contribution < -0.4 is 10.7 Å². The molecule has 0 radical (unpaired) electrons. The molecule has 0 atom stereocenters. The van der Waals surface area contributed by atoms with Crippen LogP contribution in [0, 0.1) is 11.0 Å². The molecular weight excluding hydrogens is 527 g/mol. The van der Waals surface area contributed by atoms with E-state index >= 15 is 0 Å². The molecular formula is C29H25FN8OS. The minimum atomic E-state index is -0.250. The molecule has 11 heteroatoms. The monoisotopic (exact) mass is 552 g/mol. The molecule has 40 heavy (non-hydrogen) atoms. The molecule has 7 rings (SSSR count). The Morgan fingerprint density at radius 2 is 1.88 bits per heavy atom. The molecule has 5 aromatic heterocycles. The SMILES string of the molecule is O=C(Nc1cncc(-c2cnc3c(c2)C(c2nc4nccc(-c5ccc(F)s5)c4[nH]2)=NNC3)c1)C1CCCCC1. The van der Waals surface area contributed by atoms with E-state index in [-0.39, 0.29) is 17.0 Å². The second-order valence-corrected chi connectivity index (χ2v) is 11.1. The molecule has 0 spiro atoms. The molecule has 1 saturated carbocycles. The number of rotatable bonds is 5. The number of carbonyl (C=O) groups excluding carboxylic acids is 1. The summed E-state index contributed by atoms with van der Waals surface area (Å²) in [6.07, 6.45) is 12.2. The number of carbonyl (C=O) groups is 1. The Kier molecular flexibility index (Phi) is 6.27. The first-order valence-corrected chi connectivity index (χ1v) is 14.1. The van der Waals surface area contributed by atoms with Crippen LogP contribution in [0.15, 0.2) is 60.2 Å². The van der Waals surface area contributed by atoms with Crippen LogP contribution in [0.2, 0.25) is 0 Å². The van der Waals surface area contributed by atoms with E-state index in [9.17, 15) is 9.18 Å². The predicted molar refractivity (Wildman–Crippen MR) is 152 cm³/mol. The Hall–Kier alpha value is -4.51. The molecule has 200 valence electrons. The van der Waals surface area contributed by atoms with Gasteiger partial charge in [0.2, 0.25) is 5.91 Å². The third-order valence-corrected chi connectivity index (χ3v) is 8.34. The highest BCUT2D eigenvalue weighted by atomic mass is 32.1. The number of aromatic nitrogens is 5. The van der Waals surface area contributed by atoms with Crippen LogP contribution in [0.5, 0.6) is 0 Å². The van der Waals surface area contributed by atoms with Gasteiger partial charge in [-0.05, 0) is 43.2 Å². The van der Waals surface area contributed by atoms with Gasteiger partial charge in [-0.15, -0.1) is 11.3 Å². The second kappa shape index (κ2) is 10.2. The molecule has 3 N–H and O–H groups in total. The van der Waals surface area contributed by atoms with Gasteiger partial charge in [0.1, 0.15) is 5.71 Å². The summed E-state index contributed by atoms with van der Waals surface area (Å²) < 4.78 is 13.7. The molecule has 1 aliphatic carbocycles. The summed E-state index contributed by atoms with van der Waals surface area (Å²) in [5, 5.41) is 7.37. The fourth-order valence-corrected chi connectivity index (χ4v) is 6.16. The van der Waals surface area contributed by atoms with Gasteiger partial charge in [0.25, 0.3) is 0 Å². The van der Waals surface area contributed by atoms with Crippen molar-refractivity contribution in [1.82, 2.24) is 30.3 Å². The number of pyridine rings is 3. The first kappa shape index (κ1) is 24.5. The number of nitrogens with one attached hydrogen (secondary N) is 3. The van der Waals surface area contributed by atoms with Gasteiger partial charge in [0, 0.05) is 51.6 Å². The normalized spacial score (nSPS) is 15.4. The zero-order chi connectivity index (χ0) is 27.1. The first-order chi connectivity index (χ1) is 19.6. The average molecular weight is 553 g/mol. The van der Waals surface area contributed by atoms with Gasteiger partial charge in [0.05, 0.1) is 29.6 Å². The molecule has 0 saturated heterocycles. The Morgan fingerprint density at radius 3 is 2.73 bits per heavy atom. The summed E-state index contributed by atoms with van der Waals surface area (Å²) in [5.74, 6) is 0.656. The van der Waals surface area contributed by atoms with Crippen molar-refractivity contribution >= 4 is 39.8 Å². The fraction of sp³-hybridized carbons (Fsp3) is 0.241. The quantitative estimate of drug-likeness (QED) is 0.259. The van der Waals surface area contributed by atoms with E-state index in [0.29, 0.717) is 34.9 Å². The molecule has 1 amide bonds. The maximum atomic E-state index is 13.7. The number of amides is 1. The lowest BCUT2D eigenvalue weighted by Gasteiger charge is -2.20. The van der Waals surface area contributed by atoms with Crippen molar-refractivity contribution in [3.63, 3.8) is 0 Å². The van der Waals surface area contributed by atoms with Gasteiger partial charge < -0.3 is 15.7 Å². The smallest absolute Gasteiger partial charge is 0.227 e. The molecule has 6 heterocycles. The summed E-state index contributed by atoms with van der Waals surface area (Å²) in [6, 6.07) is 8.99. The van der Waals surface area contributed by atoms with Crippen LogP contribution >= 0.6 is 11.3 Å². The van der Waals surface area contributed by atoms with E-state index in [1.807, 2.05) is 18.2 Å². The maximum Gasteiger partial charge on any atom is 0.227 e. The highest BCUT2D eigenvalue weighted by molar-refractivity contribution is 7.14. The number of fused-ring (bicyclic) bond motifs is 2. The largest absolute Gasteiger partial charge is 0.335 e. The van der Waals surface area contributed by atoms with Crippen molar-refractivity contribution in [3.05, 3.63) is 77.3 Å². The van der Waals surface area contributed by atoms with Crippen LogP contribution in [0.4, 0.5) is 10.1 Å². The summed E-state index contributed by atoms with van der Waals surface area (Å²) in [4.78, 5) is 35.1. The third-order valence-electron chi connectivity index (χ3n) is 7.43. The van der Waals surface area contributed by atoms with E-state index in [2.05, 4.69) is 30.8 Å². The first-order valence-electron chi connectivity index (χ1n) is 13.3. The van der Waals surface area contributed by atoms with E-state index in [1.54, 1.807) is 30.9 Å². The van der Waals surface area contributed by atoms with E-state index < -0.39 is 0 Å². The Morgan fingerprint density at radius 1 is 1.00 bits per heavy atom. The molecule has 9 nitrogen and oxygen atoms in total. The van der Waals surface area contributed by atoms with Crippen LogP contribution in [0.1, 0.15) is 49.2 Å². The number of halogens is 1. The number of nitrogens with zero attached hydrogens (tertiary/aromatic N) is 5. The predicted octanol–water partition coefficient (Wildman–Crippen LogP) is 5.66. The molecule has 1 aliphatic heterocycles. The van der Waals surface area contributed by atoms with Gasteiger partial charge in [-0.2, -0.15) is 9.49 Å². The van der Waals surface area contributed by atoms with Crippen molar-refractivity contribution in [2.24, 2.45) is 11.0 Å². The molecule has 2 aliphatic rings. The summed E-state index contributed by atoms with van der Waals surface area (Å²) in [7, 11) is 0. The van der Waals surface area contributed by atoms with Crippen molar-refractivity contribution in [3.8, 4) is 21.6 Å². The maximum absolute atomic E-state index is 13.7. The molecule has 1 fully saturated rings. The topological polar surface area (TPSA) is 121 Å². The van der Waals surface area contributed by atoms with Crippen molar-refractivity contribution in [1.29, 1.82) is 0 Å². The van der Waals surface area contributed by atoms with E-state index in [1.165, 1.54) is 12.5 Å². The van der Waals surface area contributed by atoms with Gasteiger partial charge in [-0.25, -0.2) is 9.97 Å². The second-order valence-electron chi connectivity index (χ2n) is 10.0.